The second-order valence-corrected chi connectivity index (χ2v) is 5.48. The van der Waals surface area contributed by atoms with Crippen LogP contribution in [0.1, 0.15) is 52.4 Å². The molecule has 15 heavy (non-hydrogen) atoms. The number of rotatable bonds is 1. The summed E-state index contributed by atoms with van der Waals surface area (Å²) in [6, 6.07) is 2.33. The van der Waals surface area contributed by atoms with Crippen LogP contribution in [0.5, 0.6) is 0 Å². The molecule has 1 aliphatic heterocycles. The van der Waals surface area contributed by atoms with Crippen molar-refractivity contribution in [2.24, 2.45) is 0 Å². The summed E-state index contributed by atoms with van der Waals surface area (Å²) in [5.41, 5.74) is 0. The second-order valence-electron chi connectivity index (χ2n) is 5.48. The summed E-state index contributed by atoms with van der Waals surface area (Å²) in [6.07, 6.45) is 8.58. The highest BCUT2D eigenvalue weighted by atomic mass is 15.2. The van der Waals surface area contributed by atoms with Crippen molar-refractivity contribution in [1.82, 2.24) is 10.2 Å². The third-order valence-corrected chi connectivity index (χ3v) is 4.19. The van der Waals surface area contributed by atoms with Crippen molar-refractivity contribution >= 4 is 0 Å². The van der Waals surface area contributed by atoms with Gasteiger partial charge < -0.3 is 5.32 Å². The molecule has 0 amide bonds. The normalized spacial score (nSPS) is 36.4. The standard InChI is InChI=1S/C13H26N2/c1-11-8-9-15(12(2)10-14-11)13-6-4-3-5-7-13/h11-14H,3-10H2,1-2H3. The van der Waals surface area contributed by atoms with E-state index in [4.69, 9.17) is 0 Å². The van der Waals surface area contributed by atoms with E-state index in [1.54, 1.807) is 0 Å². The smallest absolute Gasteiger partial charge is 0.0195 e. The van der Waals surface area contributed by atoms with E-state index in [-0.39, 0.29) is 0 Å². The highest BCUT2D eigenvalue weighted by molar-refractivity contribution is 4.84. The van der Waals surface area contributed by atoms with Gasteiger partial charge in [-0.3, -0.25) is 4.90 Å². The number of hydrogen-bond acceptors (Lipinski definition) is 2. The molecular formula is C13H26N2. The van der Waals surface area contributed by atoms with Crippen LogP contribution in [0.15, 0.2) is 0 Å². The van der Waals surface area contributed by atoms with Gasteiger partial charge in [0.15, 0.2) is 0 Å². The molecule has 2 nitrogen and oxygen atoms in total. The van der Waals surface area contributed by atoms with Crippen molar-refractivity contribution in [3.8, 4) is 0 Å². The summed E-state index contributed by atoms with van der Waals surface area (Å²) in [6.45, 7) is 7.19. The fourth-order valence-corrected chi connectivity index (χ4v) is 3.11. The number of nitrogens with zero attached hydrogens (tertiary/aromatic N) is 1. The molecule has 0 aromatic heterocycles. The lowest BCUT2D eigenvalue weighted by Gasteiger charge is -2.37. The zero-order valence-corrected chi connectivity index (χ0v) is 10.3. The molecule has 2 fully saturated rings. The van der Waals surface area contributed by atoms with Gasteiger partial charge in [0.2, 0.25) is 0 Å². The Bertz CT molecular complexity index is 187. The Morgan fingerprint density at radius 2 is 1.73 bits per heavy atom. The van der Waals surface area contributed by atoms with Gasteiger partial charge in [-0.25, -0.2) is 0 Å². The van der Waals surface area contributed by atoms with Crippen molar-refractivity contribution in [1.29, 1.82) is 0 Å². The predicted molar refractivity (Wildman–Crippen MR) is 65.1 cm³/mol. The van der Waals surface area contributed by atoms with E-state index < -0.39 is 0 Å². The Labute approximate surface area is 94.4 Å². The van der Waals surface area contributed by atoms with E-state index in [2.05, 4.69) is 24.1 Å². The van der Waals surface area contributed by atoms with Crippen molar-refractivity contribution in [3.63, 3.8) is 0 Å². The average Bonchev–Trinajstić information content (AvgIpc) is 2.43. The van der Waals surface area contributed by atoms with Gasteiger partial charge in [-0.2, -0.15) is 0 Å². The SMILES string of the molecule is CC1CCN(C2CCCCC2)C(C)CN1. The molecule has 0 bridgehead atoms. The Balaban J connectivity index is 1.93. The van der Waals surface area contributed by atoms with Crippen LogP contribution in [0.25, 0.3) is 0 Å². The Hall–Kier alpha value is -0.0800. The maximum absolute atomic E-state index is 3.62. The lowest BCUT2D eigenvalue weighted by atomic mass is 9.93. The molecule has 2 unspecified atom stereocenters. The van der Waals surface area contributed by atoms with Crippen molar-refractivity contribution in [3.05, 3.63) is 0 Å². The molecular weight excluding hydrogens is 184 g/mol. The summed E-state index contributed by atoms with van der Waals surface area (Å²) >= 11 is 0. The first kappa shape index (κ1) is 11.4. The Kier molecular flexibility index (Phi) is 4.04. The van der Waals surface area contributed by atoms with Crippen LogP contribution in [-0.2, 0) is 0 Å². The van der Waals surface area contributed by atoms with Crippen molar-refractivity contribution < 1.29 is 0 Å². The minimum atomic E-state index is 0.709. The molecule has 0 aromatic carbocycles. The first-order valence-electron chi connectivity index (χ1n) is 6.76. The summed E-state index contributed by atoms with van der Waals surface area (Å²) in [4.78, 5) is 2.77. The third-order valence-electron chi connectivity index (χ3n) is 4.19. The van der Waals surface area contributed by atoms with Gasteiger partial charge in [-0.05, 0) is 33.1 Å². The van der Waals surface area contributed by atoms with Gasteiger partial charge >= 0.3 is 0 Å². The minimum absolute atomic E-state index is 0.709. The summed E-state index contributed by atoms with van der Waals surface area (Å²) < 4.78 is 0. The second kappa shape index (κ2) is 5.31. The summed E-state index contributed by atoms with van der Waals surface area (Å²) in [5.74, 6) is 0. The van der Waals surface area contributed by atoms with Crippen LogP contribution in [0.3, 0.4) is 0 Å². The molecule has 88 valence electrons. The van der Waals surface area contributed by atoms with Crippen LogP contribution in [0.4, 0.5) is 0 Å². The highest BCUT2D eigenvalue weighted by Crippen LogP contribution is 2.25. The summed E-state index contributed by atoms with van der Waals surface area (Å²) in [5, 5.41) is 3.62. The molecule has 2 aliphatic rings. The largest absolute Gasteiger partial charge is 0.313 e. The van der Waals surface area contributed by atoms with E-state index in [1.807, 2.05) is 0 Å². The van der Waals surface area contributed by atoms with E-state index >= 15 is 0 Å². The van der Waals surface area contributed by atoms with Gasteiger partial charge in [-0.15, -0.1) is 0 Å². The maximum atomic E-state index is 3.62. The highest BCUT2D eigenvalue weighted by Gasteiger charge is 2.27. The number of nitrogens with one attached hydrogen (secondary N) is 1. The van der Waals surface area contributed by atoms with E-state index in [0.29, 0.717) is 6.04 Å². The van der Waals surface area contributed by atoms with Gasteiger partial charge in [0.25, 0.3) is 0 Å². The topological polar surface area (TPSA) is 15.3 Å². The van der Waals surface area contributed by atoms with E-state index in [9.17, 15) is 0 Å². The van der Waals surface area contributed by atoms with E-state index in [0.717, 1.165) is 12.1 Å². The first-order chi connectivity index (χ1) is 7.27. The summed E-state index contributed by atoms with van der Waals surface area (Å²) in [7, 11) is 0. The molecule has 1 N–H and O–H groups in total. The third kappa shape index (κ3) is 2.94. The molecule has 1 aliphatic carbocycles. The van der Waals surface area contributed by atoms with Crippen LogP contribution >= 0.6 is 0 Å². The van der Waals surface area contributed by atoms with Gasteiger partial charge in [0.05, 0.1) is 0 Å². The van der Waals surface area contributed by atoms with Crippen molar-refractivity contribution in [2.75, 3.05) is 13.1 Å². The minimum Gasteiger partial charge on any atom is -0.313 e. The van der Waals surface area contributed by atoms with Crippen molar-refractivity contribution in [2.45, 2.75) is 70.5 Å². The van der Waals surface area contributed by atoms with E-state index in [1.165, 1.54) is 51.6 Å². The maximum Gasteiger partial charge on any atom is 0.0195 e. The molecule has 1 saturated heterocycles. The number of hydrogen-bond donors (Lipinski definition) is 1. The Morgan fingerprint density at radius 3 is 2.47 bits per heavy atom. The fraction of sp³-hybridized carbons (Fsp3) is 1.00. The predicted octanol–water partition coefficient (Wildman–Crippen LogP) is 2.39. The molecule has 1 heterocycles. The molecule has 0 aromatic rings. The lowest BCUT2D eigenvalue weighted by molar-refractivity contribution is 0.121. The van der Waals surface area contributed by atoms with Crippen LogP contribution in [0, 0.1) is 0 Å². The molecule has 0 spiro atoms. The molecule has 2 rings (SSSR count). The average molecular weight is 210 g/mol. The zero-order valence-electron chi connectivity index (χ0n) is 10.3. The van der Waals surface area contributed by atoms with Gasteiger partial charge in [0, 0.05) is 31.2 Å². The quantitative estimate of drug-likeness (QED) is 0.715. The zero-order chi connectivity index (χ0) is 10.7. The van der Waals surface area contributed by atoms with Crippen LogP contribution in [-0.4, -0.2) is 36.1 Å². The van der Waals surface area contributed by atoms with Gasteiger partial charge in [0.1, 0.15) is 0 Å². The lowest BCUT2D eigenvalue weighted by Crippen LogP contribution is -2.45. The van der Waals surface area contributed by atoms with Crippen LogP contribution in [0.2, 0.25) is 0 Å². The molecule has 1 saturated carbocycles. The fourth-order valence-electron chi connectivity index (χ4n) is 3.11. The molecule has 2 atom stereocenters. The first-order valence-corrected chi connectivity index (χ1v) is 6.76. The molecule has 0 radical (unpaired) electrons. The van der Waals surface area contributed by atoms with Crippen LogP contribution < -0.4 is 5.32 Å². The Morgan fingerprint density at radius 1 is 1.00 bits per heavy atom. The molecule has 2 heteroatoms. The monoisotopic (exact) mass is 210 g/mol. The van der Waals surface area contributed by atoms with Gasteiger partial charge in [-0.1, -0.05) is 19.3 Å².